The molecular weight excluding hydrogens is 120 g/mol. The Morgan fingerprint density at radius 2 is 2.00 bits per heavy atom. The fourth-order valence-electron chi connectivity index (χ4n) is 0.458. The van der Waals surface area contributed by atoms with E-state index in [9.17, 15) is 0 Å². The highest BCUT2D eigenvalue weighted by atomic mass is 16.3. The Kier molecular flexibility index (Phi) is 1.14. The molecule has 0 amide bonds. The third-order valence-electron chi connectivity index (χ3n) is 0.926. The number of nitrogens with zero attached hydrogens (tertiary/aromatic N) is 1. The zero-order valence-electron chi connectivity index (χ0n) is 4.57. The lowest BCUT2D eigenvalue weighted by molar-refractivity contribution is 0.403. The van der Waals surface area contributed by atoms with Gasteiger partial charge in [0.1, 0.15) is 0 Å². The molecule has 0 fully saturated rings. The second-order valence-corrected chi connectivity index (χ2v) is 1.60. The second-order valence-electron chi connectivity index (χ2n) is 1.60. The van der Waals surface area contributed by atoms with E-state index in [0.29, 0.717) is 0 Å². The minimum Gasteiger partial charge on any atom is -0.503 e. The highest BCUT2D eigenvalue weighted by molar-refractivity contribution is 5.55. The standard InChI is InChI=1S/C5H6N2O2/c6-3-1-7-2-4(8)5(3)9/h1-2,8H,6H2,(H,7,9). The van der Waals surface area contributed by atoms with Gasteiger partial charge in [-0.25, -0.2) is 0 Å². The van der Waals surface area contributed by atoms with Gasteiger partial charge >= 0.3 is 0 Å². The summed E-state index contributed by atoms with van der Waals surface area (Å²) in [6, 6.07) is 0. The van der Waals surface area contributed by atoms with E-state index in [2.05, 4.69) is 4.98 Å². The molecule has 4 nitrogen and oxygen atoms in total. The molecule has 0 radical (unpaired) electrons. The van der Waals surface area contributed by atoms with Crippen molar-refractivity contribution in [1.29, 1.82) is 0 Å². The molecular formula is C5H6N2O2. The monoisotopic (exact) mass is 126 g/mol. The Labute approximate surface area is 51.6 Å². The zero-order valence-corrected chi connectivity index (χ0v) is 4.57. The Bertz CT molecular complexity index is 204. The molecule has 9 heavy (non-hydrogen) atoms. The Balaban J connectivity index is 3.25. The molecule has 0 unspecified atom stereocenters. The van der Waals surface area contributed by atoms with Crippen molar-refractivity contribution in [2.24, 2.45) is 0 Å². The van der Waals surface area contributed by atoms with Crippen LogP contribution in [-0.4, -0.2) is 15.2 Å². The number of pyridine rings is 1. The number of nitrogen functional groups attached to an aromatic ring is 1. The van der Waals surface area contributed by atoms with Gasteiger partial charge in [0.15, 0.2) is 11.5 Å². The van der Waals surface area contributed by atoms with Gasteiger partial charge in [0.2, 0.25) is 0 Å². The van der Waals surface area contributed by atoms with Crippen LogP contribution >= 0.6 is 0 Å². The van der Waals surface area contributed by atoms with Gasteiger partial charge in [0.05, 0.1) is 18.1 Å². The Morgan fingerprint density at radius 3 is 2.44 bits per heavy atom. The quantitative estimate of drug-likeness (QED) is 0.459. The van der Waals surface area contributed by atoms with Crippen molar-refractivity contribution < 1.29 is 10.2 Å². The largest absolute Gasteiger partial charge is 0.503 e. The summed E-state index contributed by atoms with van der Waals surface area (Å²) in [4.78, 5) is 3.51. The molecule has 4 heteroatoms. The normalized spacial score (nSPS) is 9.33. The van der Waals surface area contributed by atoms with E-state index in [1.165, 1.54) is 6.20 Å². The van der Waals surface area contributed by atoms with E-state index in [1.807, 2.05) is 0 Å². The van der Waals surface area contributed by atoms with Gasteiger partial charge in [-0.1, -0.05) is 0 Å². The van der Waals surface area contributed by atoms with Crippen molar-refractivity contribution in [3.8, 4) is 11.5 Å². The molecule has 0 aromatic carbocycles. The molecule has 0 aliphatic heterocycles. The molecule has 0 atom stereocenters. The van der Waals surface area contributed by atoms with Crippen molar-refractivity contribution in [2.45, 2.75) is 0 Å². The summed E-state index contributed by atoms with van der Waals surface area (Å²) in [5, 5.41) is 17.5. The highest BCUT2D eigenvalue weighted by Crippen LogP contribution is 2.27. The average molecular weight is 126 g/mol. The fraction of sp³-hybridized carbons (Fsp3) is 0. The number of hydrogen-bond acceptors (Lipinski definition) is 4. The van der Waals surface area contributed by atoms with E-state index in [0.717, 1.165) is 6.20 Å². The van der Waals surface area contributed by atoms with Crippen molar-refractivity contribution in [1.82, 2.24) is 4.98 Å². The first-order valence-electron chi connectivity index (χ1n) is 2.33. The van der Waals surface area contributed by atoms with E-state index in [4.69, 9.17) is 15.9 Å². The first kappa shape index (κ1) is 5.68. The van der Waals surface area contributed by atoms with Gasteiger partial charge in [-0.15, -0.1) is 0 Å². The van der Waals surface area contributed by atoms with Crippen molar-refractivity contribution in [3.05, 3.63) is 12.4 Å². The second kappa shape index (κ2) is 1.81. The minimum absolute atomic E-state index is 0.0787. The fourth-order valence-corrected chi connectivity index (χ4v) is 0.458. The van der Waals surface area contributed by atoms with Gasteiger partial charge < -0.3 is 15.9 Å². The first-order chi connectivity index (χ1) is 4.22. The summed E-state index contributed by atoms with van der Waals surface area (Å²) in [6.07, 6.45) is 2.38. The molecule has 0 bridgehead atoms. The van der Waals surface area contributed by atoms with Crippen LogP contribution in [0.4, 0.5) is 5.69 Å². The predicted molar refractivity (Wildman–Crippen MR) is 32.0 cm³/mol. The lowest BCUT2D eigenvalue weighted by Crippen LogP contribution is -1.85. The third-order valence-corrected chi connectivity index (χ3v) is 0.926. The van der Waals surface area contributed by atoms with Crippen LogP contribution in [0.15, 0.2) is 12.4 Å². The van der Waals surface area contributed by atoms with E-state index in [-0.39, 0.29) is 17.2 Å². The van der Waals surface area contributed by atoms with Crippen LogP contribution in [0.25, 0.3) is 0 Å². The Morgan fingerprint density at radius 1 is 1.33 bits per heavy atom. The topological polar surface area (TPSA) is 79.4 Å². The van der Waals surface area contributed by atoms with Gasteiger partial charge in [-0.2, -0.15) is 0 Å². The summed E-state index contributed by atoms with van der Waals surface area (Å²) < 4.78 is 0. The number of aromatic nitrogens is 1. The molecule has 48 valence electrons. The zero-order chi connectivity index (χ0) is 6.85. The number of aromatic hydroxyl groups is 2. The molecule has 0 saturated carbocycles. The van der Waals surface area contributed by atoms with Gasteiger partial charge in [0, 0.05) is 0 Å². The molecule has 1 rings (SSSR count). The summed E-state index contributed by atoms with van der Waals surface area (Å²) >= 11 is 0. The molecule has 0 aliphatic carbocycles. The molecule has 4 N–H and O–H groups in total. The highest BCUT2D eigenvalue weighted by Gasteiger charge is 2.00. The molecule has 1 heterocycles. The molecule has 0 spiro atoms. The summed E-state index contributed by atoms with van der Waals surface area (Å²) in [6.45, 7) is 0. The molecule has 0 saturated heterocycles. The molecule has 1 aromatic heterocycles. The lowest BCUT2D eigenvalue weighted by atomic mass is 10.4. The van der Waals surface area contributed by atoms with Gasteiger partial charge in [0.25, 0.3) is 0 Å². The van der Waals surface area contributed by atoms with Crippen LogP contribution in [0.1, 0.15) is 0 Å². The maximum Gasteiger partial charge on any atom is 0.184 e. The smallest absolute Gasteiger partial charge is 0.184 e. The third kappa shape index (κ3) is 0.861. The average Bonchev–Trinajstić information content (AvgIpc) is 1.83. The number of nitrogens with two attached hydrogens (primary N) is 1. The van der Waals surface area contributed by atoms with Crippen LogP contribution < -0.4 is 5.73 Å². The van der Waals surface area contributed by atoms with E-state index < -0.39 is 0 Å². The SMILES string of the molecule is Nc1cncc(O)c1O. The molecule has 1 aromatic rings. The van der Waals surface area contributed by atoms with Crippen molar-refractivity contribution in [3.63, 3.8) is 0 Å². The van der Waals surface area contributed by atoms with E-state index >= 15 is 0 Å². The molecule has 0 aliphatic rings. The van der Waals surface area contributed by atoms with Gasteiger partial charge in [-0.05, 0) is 0 Å². The number of rotatable bonds is 0. The van der Waals surface area contributed by atoms with Crippen molar-refractivity contribution in [2.75, 3.05) is 5.73 Å². The van der Waals surface area contributed by atoms with Crippen LogP contribution in [0.2, 0.25) is 0 Å². The lowest BCUT2D eigenvalue weighted by Gasteiger charge is -1.96. The summed E-state index contributed by atoms with van der Waals surface area (Å²) in [5.74, 6) is -0.611. The van der Waals surface area contributed by atoms with E-state index in [1.54, 1.807) is 0 Å². The summed E-state index contributed by atoms with van der Waals surface area (Å²) in [7, 11) is 0. The van der Waals surface area contributed by atoms with Crippen LogP contribution in [0, 0.1) is 0 Å². The maximum absolute atomic E-state index is 8.79. The number of anilines is 1. The van der Waals surface area contributed by atoms with Gasteiger partial charge in [-0.3, -0.25) is 4.98 Å². The predicted octanol–water partition coefficient (Wildman–Crippen LogP) is 0.0750. The minimum atomic E-state index is -0.315. The first-order valence-corrected chi connectivity index (χ1v) is 2.33. The van der Waals surface area contributed by atoms with Crippen LogP contribution in [0.5, 0.6) is 11.5 Å². The van der Waals surface area contributed by atoms with Crippen LogP contribution in [-0.2, 0) is 0 Å². The van der Waals surface area contributed by atoms with Crippen molar-refractivity contribution >= 4 is 5.69 Å². The summed E-state index contributed by atoms with van der Waals surface area (Å²) in [5.41, 5.74) is 5.23. The maximum atomic E-state index is 8.79. The Hall–Kier alpha value is -1.45. The van der Waals surface area contributed by atoms with Crippen LogP contribution in [0.3, 0.4) is 0 Å². The number of hydrogen-bond donors (Lipinski definition) is 3.